The second-order valence-corrected chi connectivity index (χ2v) is 4.98. The molecule has 0 fully saturated rings. The van der Waals surface area contributed by atoms with Gasteiger partial charge in [-0.2, -0.15) is 0 Å². The van der Waals surface area contributed by atoms with Crippen LogP contribution in [-0.4, -0.2) is 10.7 Å². The first kappa shape index (κ1) is 16.4. The lowest BCUT2D eigenvalue weighted by atomic mass is 9.96. The van der Waals surface area contributed by atoms with Crippen LogP contribution in [0.3, 0.4) is 0 Å². The Morgan fingerprint density at radius 2 is 1.24 bits per heavy atom. The standard InChI is InChI=1S/C16H30O/c1-4-7-8-9-10-11-12-13-14-15-16(17,5-2)6-3/h5-6,17H,2-4,7-15H2,1H3. The van der Waals surface area contributed by atoms with Gasteiger partial charge >= 0.3 is 0 Å². The molecule has 17 heavy (non-hydrogen) atoms. The van der Waals surface area contributed by atoms with Gasteiger partial charge in [0.05, 0.1) is 0 Å². The molecule has 0 spiro atoms. The summed E-state index contributed by atoms with van der Waals surface area (Å²) in [6.45, 7) is 9.53. The highest BCUT2D eigenvalue weighted by atomic mass is 16.3. The number of rotatable bonds is 12. The van der Waals surface area contributed by atoms with E-state index in [1.807, 2.05) is 0 Å². The lowest BCUT2D eigenvalue weighted by Crippen LogP contribution is -2.21. The van der Waals surface area contributed by atoms with E-state index in [9.17, 15) is 5.11 Å². The van der Waals surface area contributed by atoms with Crippen molar-refractivity contribution in [3.05, 3.63) is 25.3 Å². The van der Waals surface area contributed by atoms with Crippen molar-refractivity contribution >= 4 is 0 Å². The first-order chi connectivity index (χ1) is 8.18. The van der Waals surface area contributed by atoms with E-state index in [1.165, 1.54) is 51.4 Å². The first-order valence-corrected chi connectivity index (χ1v) is 7.18. The van der Waals surface area contributed by atoms with Crippen LogP contribution in [-0.2, 0) is 0 Å². The van der Waals surface area contributed by atoms with E-state index < -0.39 is 5.60 Å². The highest BCUT2D eigenvalue weighted by Crippen LogP contribution is 2.18. The number of hydrogen-bond acceptors (Lipinski definition) is 1. The SMILES string of the molecule is C=CC(O)(C=C)CCCCCCCCCCC. The molecule has 0 aromatic heterocycles. The van der Waals surface area contributed by atoms with E-state index in [0.29, 0.717) is 0 Å². The van der Waals surface area contributed by atoms with Gasteiger partial charge in [-0.25, -0.2) is 0 Å². The molecule has 0 aliphatic rings. The molecule has 0 radical (unpaired) electrons. The second kappa shape index (κ2) is 10.6. The van der Waals surface area contributed by atoms with E-state index in [1.54, 1.807) is 12.2 Å². The third-order valence-corrected chi connectivity index (χ3v) is 3.39. The fourth-order valence-corrected chi connectivity index (χ4v) is 2.01. The van der Waals surface area contributed by atoms with E-state index >= 15 is 0 Å². The van der Waals surface area contributed by atoms with Crippen LogP contribution in [0.5, 0.6) is 0 Å². The molecule has 0 saturated heterocycles. The molecule has 1 N–H and O–H groups in total. The van der Waals surface area contributed by atoms with Gasteiger partial charge in [0.1, 0.15) is 5.60 Å². The normalized spacial score (nSPS) is 11.4. The topological polar surface area (TPSA) is 20.2 Å². The maximum atomic E-state index is 9.89. The van der Waals surface area contributed by atoms with Crippen LogP contribution in [0.25, 0.3) is 0 Å². The lowest BCUT2D eigenvalue weighted by Gasteiger charge is -2.19. The van der Waals surface area contributed by atoms with Crippen LogP contribution in [0.15, 0.2) is 25.3 Å². The van der Waals surface area contributed by atoms with Crippen molar-refractivity contribution in [3.8, 4) is 0 Å². The average Bonchev–Trinajstić information content (AvgIpc) is 2.36. The molecule has 100 valence electrons. The zero-order valence-electron chi connectivity index (χ0n) is 11.6. The van der Waals surface area contributed by atoms with E-state index in [4.69, 9.17) is 0 Å². The van der Waals surface area contributed by atoms with Gasteiger partial charge in [0.2, 0.25) is 0 Å². The van der Waals surface area contributed by atoms with Crippen LogP contribution in [0.2, 0.25) is 0 Å². The Bertz CT molecular complexity index is 188. The Hall–Kier alpha value is -0.560. The maximum Gasteiger partial charge on any atom is 0.100 e. The molecule has 0 bridgehead atoms. The smallest absolute Gasteiger partial charge is 0.100 e. The summed E-state index contributed by atoms with van der Waals surface area (Å²) in [6, 6.07) is 0. The molecule has 0 rings (SSSR count). The number of unbranched alkanes of at least 4 members (excludes halogenated alkanes) is 8. The van der Waals surface area contributed by atoms with E-state index in [0.717, 1.165) is 12.8 Å². The molecule has 1 nitrogen and oxygen atoms in total. The summed E-state index contributed by atoms with van der Waals surface area (Å²) in [7, 11) is 0. The maximum absolute atomic E-state index is 9.89. The van der Waals surface area contributed by atoms with Gasteiger partial charge in [0, 0.05) is 0 Å². The third-order valence-electron chi connectivity index (χ3n) is 3.39. The molecule has 0 aromatic carbocycles. The minimum Gasteiger partial charge on any atom is -0.382 e. The van der Waals surface area contributed by atoms with Crippen molar-refractivity contribution < 1.29 is 5.11 Å². The Morgan fingerprint density at radius 1 is 0.824 bits per heavy atom. The molecular weight excluding hydrogens is 208 g/mol. The molecule has 0 saturated carbocycles. The average molecular weight is 238 g/mol. The third kappa shape index (κ3) is 9.17. The van der Waals surface area contributed by atoms with Gasteiger partial charge in [-0.05, 0) is 12.8 Å². The van der Waals surface area contributed by atoms with Gasteiger partial charge in [-0.1, -0.05) is 83.6 Å². The summed E-state index contributed by atoms with van der Waals surface area (Å²) < 4.78 is 0. The van der Waals surface area contributed by atoms with Crippen molar-refractivity contribution in [2.45, 2.75) is 76.7 Å². The van der Waals surface area contributed by atoms with Gasteiger partial charge in [0.15, 0.2) is 0 Å². The summed E-state index contributed by atoms with van der Waals surface area (Å²) in [4.78, 5) is 0. The van der Waals surface area contributed by atoms with Crippen LogP contribution < -0.4 is 0 Å². The van der Waals surface area contributed by atoms with Gasteiger partial charge < -0.3 is 5.11 Å². The molecular formula is C16H30O. The highest BCUT2D eigenvalue weighted by molar-refractivity contribution is 5.07. The minimum absolute atomic E-state index is 0.760. The fraction of sp³-hybridized carbons (Fsp3) is 0.750. The molecule has 0 heterocycles. The second-order valence-electron chi connectivity index (χ2n) is 4.98. The summed E-state index contributed by atoms with van der Waals surface area (Å²) >= 11 is 0. The Kier molecular flexibility index (Phi) is 10.2. The van der Waals surface area contributed by atoms with Gasteiger partial charge in [0.25, 0.3) is 0 Å². The van der Waals surface area contributed by atoms with E-state index in [-0.39, 0.29) is 0 Å². The fourth-order valence-electron chi connectivity index (χ4n) is 2.01. The van der Waals surface area contributed by atoms with Crippen LogP contribution in [0, 0.1) is 0 Å². The van der Waals surface area contributed by atoms with Crippen LogP contribution in [0.4, 0.5) is 0 Å². The molecule has 0 amide bonds. The van der Waals surface area contributed by atoms with Crippen molar-refractivity contribution in [2.75, 3.05) is 0 Å². The predicted octanol–water partition coefficient (Wildman–Crippen LogP) is 5.01. The Balaban J connectivity index is 3.29. The van der Waals surface area contributed by atoms with Crippen LogP contribution in [0.1, 0.15) is 71.1 Å². The van der Waals surface area contributed by atoms with Crippen molar-refractivity contribution in [1.82, 2.24) is 0 Å². The highest BCUT2D eigenvalue weighted by Gasteiger charge is 2.16. The largest absolute Gasteiger partial charge is 0.382 e. The summed E-state index contributed by atoms with van der Waals surface area (Å²) in [5.74, 6) is 0. The molecule has 0 aliphatic heterocycles. The summed E-state index contributed by atoms with van der Waals surface area (Å²) in [5.41, 5.74) is -0.846. The molecule has 1 heteroatoms. The number of hydrogen-bond donors (Lipinski definition) is 1. The lowest BCUT2D eigenvalue weighted by molar-refractivity contribution is 0.129. The Labute approximate surface area is 108 Å². The monoisotopic (exact) mass is 238 g/mol. The van der Waals surface area contributed by atoms with E-state index in [2.05, 4.69) is 20.1 Å². The zero-order valence-corrected chi connectivity index (χ0v) is 11.6. The van der Waals surface area contributed by atoms with Crippen molar-refractivity contribution in [1.29, 1.82) is 0 Å². The summed E-state index contributed by atoms with van der Waals surface area (Å²) in [6.07, 6.45) is 15.7. The number of aliphatic hydroxyl groups is 1. The van der Waals surface area contributed by atoms with Crippen molar-refractivity contribution in [3.63, 3.8) is 0 Å². The molecule has 0 atom stereocenters. The molecule has 0 unspecified atom stereocenters. The van der Waals surface area contributed by atoms with Crippen LogP contribution >= 0.6 is 0 Å². The Morgan fingerprint density at radius 3 is 1.65 bits per heavy atom. The van der Waals surface area contributed by atoms with Crippen molar-refractivity contribution in [2.24, 2.45) is 0 Å². The quantitative estimate of drug-likeness (QED) is 0.374. The minimum atomic E-state index is -0.846. The van der Waals surface area contributed by atoms with Gasteiger partial charge in [-0.3, -0.25) is 0 Å². The summed E-state index contributed by atoms with van der Waals surface area (Å²) in [5, 5.41) is 9.89. The first-order valence-electron chi connectivity index (χ1n) is 7.18. The molecule has 0 aliphatic carbocycles. The zero-order chi connectivity index (χ0) is 13.0. The molecule has 0 aromatic rings. The van der Waals surface area contributed by atoms with Gasteiger partial charge in [-0.15, -0.1) is 0 Å². The predicted molar refractivity (Wildman–Crippen MR) is 77.2 cm³/mol.